The van der Waals surface area contributed by atoms with Crippen molar-refractivity contribution in [3.63, 3.8) is 0 Å². The molecule has 1 aromatic rings. The van der Waals surface area contributed by atoms with Crippen LogP contribution in [0.25, 0.3) is 0 Å². The molecule has 1 saturated carbocycles. The van der Waals surface area contributed by atoms with Gasteiger partial charge in [-0.05, 0) is 51.0 Å². The normalized spacial score (nSPS) is 26.5. The fraction of sp³-hybridized carbons (Fsp3) is 0.667. The second kappa shape index (κ2) is 8.40. The summed E-state index contributed by atoms with van der Waals surface area (Å²) >= 11 is 0. The highest BCUT2D eigenvalue weighted by molar-refractivity contribution is 5.68. The highest BCUT2D eigenvalue weighted by Gasteiger charge is 2.37. The van der Waals surface area contributed by atoms with E-state index in [-0.39, 0.29) is 17.7 Å². The molecule has 2 fully saturated rings. The lowest BCUT2D eigenvalue weighted by Gasteiger charge is -2.48. The van der Waals surface area contributed by atoms with Gasteiger partial charge >= 0.3 is 6.09 Å². The quantitative estimate of drug-likeness (QED) is 0.895. The van der Waals surface area contributed by atoms with Crippen molar-refractivity contribution in [3.8, 4) is 0 Å². The SMILES string of the molecule is CC1(C)CN(C(=O)OCc2ccccc2)CCN1CC1CCC(O)CC1. The summed E-state index contributed by atoms with van der Waals surface area (Å²) in [7, 11) is 0. The molecule has 1 aliphatic carbocycles. The Morgan fingerprint density at radius 2 is 1.85 bits per heavy atom. The van der Waals surface area contributed by atoms with Crippen molar-refractivity contribution in [2.24, 2.45) is 5.92 Å². The summed E-state index contributed by atoms with van der Waals surface area (Å²) in [5.74, 6) is 0.661. The van der Waals surface area contributed by atoms with Gasteiger partial charge < -0.3 is 14.7 Å². The van der Waals surface area contributed by atoms with E-state index in [0.29, 0.717) is 25.6 Å². The van der Waals surface area contributed by atoms with E-state index >= 15 is 0 Å². The van der Waals surface area contributed by atoms with E-state index in [1.165, 1.54) is 0 Å². The molecule has 3 rings (SSSR count). The molecule has 0 radical (unpaired) electrons. The van der Waals surface area contributed by atoms with E-state index in [9.17, 15) is 9.90 Å². The number of aliphatic hydroxyl groups is 1. The number of hydrogen-bond donors (Lipinski definition) is 1. The van der Waals surface area contributed by atoms with E-state index in [1.54, 1.807) is 0 Å². The number of benzene rings is 1. The van der Waals surface area contributed by atoms with Gasteiger partial charge in [0.25, 0.3) is 0 Å². The highest BCUT2D eigenvalue weighted by atomic mass is 16.6. The van der Waals surface area contributed by atoms with Crippen LogP contribution in [-0.2, 0) is 11.3 Å². The van der Waals surface area contributed by atoms with Crippen LogP contribution in [0.2, 0.25) is 0 Å². The number of ether oxygens (including phenoxy) is 1. The van der Waals surface area contributed by atoms with Crippen molar-refractivity contribution in [2.75, 3.05) is 26.2 Å². The van der Waals surface area contributed by atoms with E-state index in [1.807, 2.05) is 35.2 Å². The predicted molar refractivity (Wildman–Crippen MR) is 102 cm³/mol. The molecule has 1 saturated heterocycles. The standard InChI is InChI=1S/C21H32N2O3/c1-21(2)16-22(20(25)26-15-18-6-4-3-5-7-18)12-13-23(21)14-17-8-10-19(24)11-9-17/h3-7,17,19,24H,8-16H2,1-2H3. The number of carbonyl (C=O) groups is 1. The van der Waals surface area contributed by atoms with Crippen molar-refractivity contribution in [2.45, 2.75) is 57.8 Å². The summed E-state index contributed by atoms with van der Waals surface area (Å²) in [5, 5.41) is 9.69. The number of piperazine rings is 1. The Bertz CT molecular complexity index is 582. The molecule has 0 unspecified atom stereocenters. The number of hydrogen-bond acceptors (Lipinski definition) is 4. The van der Waals surface area contributed by atoms with Crippen molar-refractivity contribution >= 4 is 6.09 Å². The number of amides is 1. The average Bonchev–Trinajstić information content (AvgIpc) is 2.63. The van der Waals surface area contributed by atoms with Crippen LogP contribution >= 0.6 is 0 Å². The summed E-state index contributed by atoms with van der Waals surface area (Å²) in [4.78, 5) is 16.8. The van der Waals surface area contributed by atoms with Gasteiger partial charge in [0, 0.05) is 31.7 Å². The average molecular weight is 360 g/mol. The molecule has 1 heterocycles. The smallest absolute Gasteiger partial charge is 0.410 e. The van der Waals surface area contributed by atoms with Gasteiger partial charge in [-0.2, -0.15) is 0 Å². The van der Waals surface area contributed by atoms with Crippen molar-refractivity contribution in [3.05, 3.63) is 35.9 Å². The van der Waals surface area contributed by atoms with E-state index in [2.05, 4.69) is 18.7 Å². The van der Waals surface area contributed by atoms with Crippen LogP contribution in [0.5, 0.6) is 0 Å². The third-order valence-corrected chi connectivity index (χ3v) is 5.83. The van der Waals surface area contributed by atoms with Crippen molar-refractivity contribution < 1.29 is 14.6 Å². The molecule has 1 N–H and O–H groups in total. The molecule has 1 aromatic carbocycles. The first-order valence-electron chi connectivity index (χ1n) is 9.83. The Morgan fingerprint density at radius 3 is 2.50 bits per heavy atom. The summed E-state index contributed by atoms with van der Waals surface area (Å²) in [6.07, 6.45) is 3.75. The van der Waals surface area contributed by atoms with Crippen LogP contribution in [-0.4, -0.2) is 58.8 Å². The molecule has 26 heavy (non-hydrogen) atoms. The van der Waals surface area contributed by atoms with Gasteiger partial charge in [-0.1, -0.05) is 30.3 Å². The molecule has 1 amide bonds. The van der Waals surface area contributed by atoms with Gasteiger partial charge in [0.2, 0.25) is 0 Å². The summed E-state index contributed by atoms with van der Waals surface area (Å²) in [6.45, 7) is 8.09. The van der Waals surface area contributed by atoms with Crippen LogP contribution in [0.15, 0.2) is 30.3 Å². The zero-order valence-corrected chi connectivity index (χ0v) is 16.1. The maximum Gasteiger partial charge on any atom is 0.410 e. The Hall–Kier alpha value is -1.59. The van der Waals surface area contributed by atoms with Crippen LogP contribution in [0.1, 0.15) is 45.1 Å². The van der Waals surface area contributed by atoms with Gasteiger partial charge in [-0.25, -0.2) is 4.79 Å². The predicted octanol–water partition coefficient (Wildman–Crippen LogP) is 3.27. The minimum atomic E-state index is -0.220. The van der Waals surface area contributed by atoms with Gasteiger partial charge in [0.15, 0.2) is 0 Å². The molecule has 0 spiro atoms. The Labute approximate surface area is 156 Å². The van der Waals surface area contributed by atoms with Crippen molar-refractivity contribution in [1.29, 1.82) is 0 Å². The molecule has 2 aliphatic rings. The molecule has 5 nitrogen and oxygen atoms in total. The topological polar surface area (TPSA) is 53.0 Å². The molecule has 0 atom stereocenters. The Kier molecular flexibility index (Phi) is 6.20. The van der Waals surface area contributed by atoms with Gasteiger partial charge in [-0.3, -0.25) is 4.90 Å². The lowest BCUT2D eigenvalue weighted by atomic mass is 9.85. The fourth-order valence-corrected chi connectivity index (χ4v) is 4.13. The first kappa shape index (κ1) is 19.2. The van der Waals surface area contributed by atoms with E-state index < -0.39 is 0 Å². The second-order valence-corrected chi connectivity index (χ2v) is 8.39. The number of aliphatic hydroxyl groups excluding tert-OH is 1. The summed E-state index contributed by atoms with van der Waals surface area (Å²) in [6, 6.07) is 9.80. The molecule has 144 valence electrons. The minimum absolute atomic E-state index is 0.0555. The first-order valence-corrected chi connectivity index (χ1v) is 9.83. The molecular weight excluding hydrogens is 328 g/mol. The van der Waals surface area contributed by atoms with Crippen LogP contribution in [0, 0.1) is 5.92 Å². The zero-order valence-electron chi connectivity index (χ0n) is 16.1. The highest BCUT2D eigenvalue weighted by Crippen LogP contribution is 2.29. The van der Waals surface area contributed by atoms with Crippen LogP contribution < -0.4 is 0 Å². The van der Waals surface area contributed by atoms with E-state index in [0.717, 1.165) is 44.3 Å². The maximum atomic E-state index is 12.4. The molecule has 0 bridgehead atoms. The molecule has 0 aromatic heterocycles. The Morgan fingerprint density at radius 1 is 1.15 bits per heavy atom. The molecule has 5 heteroatoms. The van der Waals surface area contributed by atoms with Gasteiger partial charge in [-0.15, -0.1) is 0 Å². The summed E-state index contributed by atoms with van der Waals surface area (Å²) in [5.41, 5.74) is 0.957. The number of nitrogens with zero attached hydrogens (tertiary/aromatic N) is 2. The van der Waals surface area contributed by atoms with E-state index in [4.69, 9.17) is 4.74 Å². The first-order chi connectivity index (χ1) is 12.4. The third-order valence-electron chi connectivity index (χ3n) is 5.83. The zero-order chi connectivity index (χ0) is 18.6. The van der Waals surface area contributed by atoms with Crippen molar-refractivity contribution in [1.82, 2.24) is 9.80 Å². The third kappa shape index (κ3) is 4.98. The summed E-state index contributed by atoms with van der Waals surface area (Å²) < 4.78 is 5.50. The number of rotatable bonds is 4. The molecular formula is C21H32N2O3. The lowest BCUT2D eigenvalue weighted by molar-refractivity contribution is -0.00415. The largest absolute Gasteiger partial charge is 0.445 e. The fourth-order valence-electron chi connectivity index (χ4n) is 4.13. The number of carbonyl (C=O) groups excluding carboxylic acids is 1. The second-order valence-electron chi connectivity index (χ2n) is 8.39. The van der Waals surface area contributed by atoms with Gasteiger partial charge in [0.05, 0.1) is 6.10 Å². The van der Waals surface area contributed by atoms with Crippen LogP contribution in [0.4, 0.5) is 4.79 Å². The minimum Gasteiger partial charge on any atom is -0.445 e. The maximum absolute atomic E-state index is 12.4. The molecule has 1 aliphatic heterocycles. The monoisotopic (exact) mass is 360 g/mol. The van der Waals surface area contributed by atoms with Crippen LogP contribution in [0.3, 0.4) is 0 Å². The Balaban J connectivity index is 1.48. The lowest BCUT2D eigenvalue weighted by Crippen LogP contribution is -2.61. The van der Waals surface area contributed by atoms with Gasteiger partial charge in [0.1, 0.15) is 6.61 Å².